The highest BCUT2D eigenvalue weighted by Crippen LogP contribution is 2.24. The van der Waals surface area contributed by atoms with Crippen LogP contribution < -0.4 is 10.1 Å². The van der Waals surface area contributed by atoms with Gasteiger partial charge in [0.1, 0.15) is 10.8 Å². The predicted octanol–water partition coefficient (Wildman–Crippen LogP) is 4.06. The van der Waals surface area contributed by atoms with E-state index in [1.165, 1.54) is 0 Å². The first kappa shape index (κ1) is 13.9. The van der Waals surface area contributed by atoms with E-state index in [9.17, 15) is 0 Å². The van der Waals surface area contributed by atoms with E-state index >= 15 is 0 Å². The van der Waals surface area contributed by atoms with Crippen LogP contribution in [0.4, 0.5) is 5.69 Å². The molecule has 19 heavy (non-hydrogen) atoms. The highest BCUT2D eigenvalue weighted by atomic mass is 32.1. The highest BCUT2D eigenvalue weighted by Gasteiger charge is 2.17. The van der Waals surface area contributed by atoms with Crippen molar-refractivity contribution >= 4 is 17.0 Å². The average molecular weight is 276 g/mol. The summed E-state index contributed by atoms with van der Waals surface area (Å²) in [6.07, 6.45) is 0. The standard InChI is InChI=1S/C15H20N2OS/c1-15(2,3)13-10-19-14(17-13)9-16-11-6-5-7-12(8-11)18-4/h5-8,10,16H,9H2,1-4H3. The van der Waals surface area contributed by atoms with Crippen molar-refractivity contribution in [1.29, 1.82) is 0 Å². The topological polar surface area (TPSA) is 34.1 Å². The molecule has 0 unspecified atom stereocenters. The smallest absolute Gasteiger partial charge is 0.120 e. The van der Waals surface area contributed by atoms with Crippen LogP contribution >= 0.6 is 11.3 Å². The van der Waals surface area contributed by atoms with Gasteiger partial charge in [0.15, 0.2) is 0 Å². The van der Waals surface area contributed by atoms with E-state index in [1.54, 1.807) is 18.4 Å². The second-order valence-corrected chi connectivity index (χ2v) is 6.40. The number of benzene rings is 1. The van der Waals surface area contributed by atoms with E-state index < -0.39 is 0 Å². The zero-order chi connectivity index (χ0) is 13.9. The Labute approximate surface area is 118 Å². The van der Waals surface area contributed by atoms with Crippen LogP contribution in [0.1, 0.15) is 31.5 Å². The van der Waals surface area contributed by atoms with E-state index in [0.29, 0.717) is 0 Å². The number of nitrogens with one attached hydrogen (secondary N) is 1. The third-order valence-electron chi connectivity index (χ3n) is 2.83. The van der Waals surface area contributed by atoms with E-state index in [-0.39, 0.29) is 5.41 Å². The molecule has 0 aliphatic rings. The molecule has 1 aromatic heterocycles. The number of hydrogen-bond donors (Lipinski definition) is 1. The lowest BCUT2D eigenvalue weighted by atomic mass is 9.93. The Kier molecular flexibility index (Phi) is 4.10. The van der Waals surface area contributed by atoms with Crippen molar-refractivity contribution < 1.29 is 4.74 Å². The summed E-state index contributed by atoms with van der Waals surface area (Å²) in [6.45, 7) is 7.29. The summed E-state index contributed by atoms with van der Waals surface area (Å²) in [5, 5.41) is 6.61. The quantitative estimate of drug-likeness (QED) is 0.914. The van der Waals surface area contributed by atoms with Crippen molar-refractivity contribution in [3.8, 4) is 5.75 Å². The zero-order valence-corrected chi connectivity index (χ0v) is 12.7. The van der Waals surface area contributed by atoms with E-state index in [0.717, 1.165) is 28.7 Å². The minimum atomic E-state index is 0.116. The molecule has 0 fully saturated rings. The second kappa shape index (κ2) is 5.61. The Hall–Kier alpha value is -1.55. The Bertz CT molecular complexity index is 543. The highest BCUT2D eigenvalue weighted by molar-refractivity contribution is 7.09. The molecule has 4 heteroatoms. The number of methoxy groups -OCH3 is 1. The molecule has 0 bridgehead atoms. The summed E-state index contributed by atoms with van der Waals surface area (Å²) in [4.78, 5) is 4.66. The zero-order valence-electron chi connectivity index (χ0n) is 11.9. The molecule has 0 atom stereocenters. The minimum absolute atomic E-state index is 0.116. The fourth-order valence-corrected chi connectivity index (χ4v) is 2.61. The Morgan fingerprint density at radius 3 is 2.74 bits per heavy atom. The summed E-state index contributed by atoms with van der Waals surface area (Å²) < 4.78 is 5.20. The summed E-state index contributed by atoms with van der Waals surface area (Å²) >= 11 is 1.70. The fourth-order valence-electron chi connectivity index (χ4n) is 1.65. The molecule has 1 heterocycles. The van der Waals surface area contributed by atoms with Crippen molar-refractivity contribution in [2.45, 2.75) is 32.7 Å². The van der Waals surface area contributed by atoms with Gasteiger partial charge in [0.25, 0.3) is 0 Å². The maximum atomic E-state index is 5.20. The molecule has 0 aliphatic heterocycles. The van der Waals surface area contributed by atoms with Gasteiger partial charge < -0.3 is 10.1 Å². The van der Waals surface area contributed by atoms with Crippen LogP contribution in [0.5, 0.6) is 5.75 Å². The normalized spacial score (nSPS) is 11.4. The first-order valence-electron chi connectivity index (χ1n) is 6.32. The van der Waals surface area contributed by atoms with Crippen LogP contribution in [0, 0.1) is 0 Å². The maximum absolute atomic E-state index is 5.20. The lowest BCUT2D eigenvalue weighted by Gasteiger charge is -2.14. The summed E-state index contributed by atoms with van der Waals surface area (Å²) in [7, 11) is 1.68. The minimum Gasteiger partial charge on any atom is -0.497 e. The van der Waals surface area contributed by atoms with Gasteiger partial charge in [-0.3, -0.25) is 0 Å². The molecule has 2 rings (SSSR count). The molecule has 0 spiro atoms. The molecule has 3 nitrogen and oxygen atoms in total. The van der Waals surface area contributed by atoms with Crippen molar-refractivity contribution in [2.24, 2.45) is 0 Å². The van der Waals surface area contributed by atoms with Gasteiger partial charge in [-0.25, -0.2) is 4.98 Å². The fraction of sp³-hybridized carbons (Fsp3) is 0.400. The van der Waals surface area contributed by atoms with E-state index in [2.05, 4.69) is 36.5 Å². The number of aromatic nitrogens is 1. The number of anilines is 1. The van der Waals surface area contributed by atoms with E-state index in [1.807, 2.05) is 24.3 Å². The largest absolute Gasteiger partial charge is 0.497 e. The van der Waals surface area contributed by atoms with Gasteiger partial charge in [0.2, 0.25) is 0 Å². The lowest BCUT2D eigenvalue weighted by Crippen LogP contribution is -2.11. The molecule has 0 amide bonds. The number of rotatable bonds is 4. The summed E-state index contributed by atoms with van der Waals surface area (Å²) in [5.74, 6) is 0.861. The van der Waals surface area contributed by atoms with Gasteiger partial charge in [-0.2, -0.15) is 0 Å². The summed E-state index contributed by atoms with van der Waals surface area (Å²) in [6, 6.07) is 7.93. The third kappa shape index (κ3) is 3.70. The van der Waals surface area contributed by atoms with Gasteiger partial charge in [-0.05, 0) is 12.1 Å². The molecule has 0 radical (unpaired) electrons. The predicted molar refractivity (Wildman–Crippen MR) is 81.1 cm³/mol. The van der Waals surface area contributed by atoms with Crippen LogP contribution in [0.25, 0.3) is 0 Å². The number of ether oxygens (including phenoxy) is 1. The first-order chi connectivity index (χ1) is 8.99. The molecule has 0 saturated carbocycles. The van der Waals surface area contributed by atoms with Gasteiger partial charge in [-0.15, -0.1) is 11.3 Å². The third-order valence-corrected chi connectivity index (χ3v) is 3.68. The van der Waals surface area contributed by atoms with Crippen LogP contribution in [0.15, 0.2) is 29.6 Å². The maximum Gasteiger partial charge on any atom is 0.120 e. The number of thiazole rings is 1. The van der Waals surface area contributed by atoms with Crippen LogP contribution in [0.2, 0.25) is 0 Å². The van der Waals surface area contributed by atoms with Crippen LogP contribution in [-0.4, -0.2) is 12.1 Å². The van der Waals surface area contributed by atoms with Crippen molar-refractivity contribution in [1.82, 2.24) is 4.98 Å². The van der Waals surface area contributed by atoms with E-state index in [4.69, 9.17) is 4.74 Å². The van der Waals surface area contributed by atoms with Gasteiger partial charge in [0.05, 0.1) is 19.3 Å². The van der Waals surface area contributed by atoms with Crippen LogP contribution in [-0.2, 0) is 12.0 Å². The molecule has 0 saturated heterocycles. The Morgan fingerprint density at radius 1 is 1.32 bits per heavy atom. The number of nitrogens with zero attached hydrogens (tertiary/aromatic N) is 1. The summed E-state index contributed by atoms with van der Waals surface area (Å²) in [5.41, 5.74) is 2.32. The van der Waals surface area contributed by atoms with Crippen molar-refractivity contribution in [3.63, 3.8) is 0 Å². The Balaban J connectivity index is 2.00. The lowest BCUT2D eigenvalue weighted by molar-refractivity contribution is 0.415. The molecule has 0 aliphatic carbocycles. The van der Waals surface area contributed by atoms with Gasteiger partial charge in [-0.1, -0.05) is 26.8 Å². The van der Waals surface area contributed by atoms with Gasteiger partial charge in [0, 0.05) is 22.5 Å². The average Bonchev–Trinajstić information content (AvgIpc) is 2.85. The molecule has 1 N–H and O–H groups in total. The van der Waals surface area contributed by atoms with Crippen LogP contribution in [0.3, 0.4) is 0 Å². The van der Waals surface area contributed by atoms with Crippen molar-refractivity contribution in [3.05, 3.63) is 40.3 Å². The Morgan fingerprint density at radius 2 is 2.11 bits per heavy atom. The van der Waals surface area contributed by atoms with Gasteiger partial charge >= 0.3 is 0 Å². The second-order valence-electron chi connectivity index (χ2n) is 5.46. The van der Waals surface area contributed by atoms with Crippen molar-refractivity contribution in [2.75, 3.05) is 12.4 Å². The number of hydrogen-bond acceptors (Lipinski definition) is 4. The molecular formula is C15H20N2OS. The molecule has 102 valence electrons. The SMILES string of the molecule is COc1cccc(NCc2nc(C(C)(C)C)cs2)c1. The molecular weight excluding hydrogens is 256 g/mol. The molecule has 2 aromatic rings. The molecule has 1 aromatic carbocycles. The monoisotopic (exact) mass is 276 g/mol. The first-order valence-corrected chi connectivity index (χ1v) is 7.20.